The van der Waals surface area contributed by atoms with Crippen molar-refractivity contribution >= 4 is 5.69 Å². The Morgan fingerprint density at radius 2 is 2.07 bits per heavy atom. The second-order valence-electron chi connectivity index (χ2n) is 3.51. The average Bonchev–Trinajstić information content (AvgIpc) is 2.68. The molecular formula is C10H12N2O2. The standard InChI is InChI=1S/C10H12N2O2/c13-12(14)10-6-7-11(8-10)9-4-2-1-3-5-9/h1-5,10H,6-8H2. The Kier molecular flexibility index (Phi) is 2.35. The van der Waals surface area contributed by atoms with Crippen LogP contribution in [0.4, 0.5) is 5.69 Å². The molecule has 0 aliphatic carbocycles. The van der Waals surface area contributed by atoms with Crippen LogP contribution in [0.2, 0.25) is 0 Å². The van der Waals surface area contributed by atoms with Crippen LogP contribution >= 0.6 is 0 Å². The topological polar surface area (TPSA) is 46.4 Å². The first-order valence-corrected chi connectivity index (χ1v) is 4.71. The lowest BCUT2D eigenvalue weighted by Gasteiger charge is -2.16. The number of nitro groups is 1. The van der Waals surface area contributed by atoms with Crippen LogP contribution in [0, 0.1) is 10.1 Å². The Hall–Kier alpha value is -1.58. The van der Waals surface area contributed by atoms with Gasteiger partial charge in [0.2, 0.25) is 6.04 Å². The van der Waals surface area contributed by atoms with Crippen molar-refractivity contribution < 1.29 is 4.92 Å². The third-order valence-electron chi connectivity index (χ3n) is 2.58. The number of nitrogens with zero attached hydrogens (tertiary/aromatic N) is 2. The number of rotatable bonds is 2. The van der Waals surface area contributed by atoms with Crippen molar-refractivity contribution in [1.82, 2.24) is 0 Å². The number of anilines is 1. The first-order chi connectivity index (χ1) is 6.77. The molecule has 1 aromatic rings. The Balaban J connectivity index is 2.06. The van der Waals surface area contributed by atoms with Crippen molar-refractivity contribution in [1.29, 1.82) is 0 Å². The normalized spacial score (nSPS) is 21.1. The molecule has 1 aliphatic rings. The summed E-state index contributed by atoms with van der Waals surface area (Å²) >= 11 is 0. The summed E-state index contributed by atoms with van der Waals surface area (Å²) in [4.78, 5) is 12.4. The van der Waals surface area contributed by atoms with Gasteiger partial charge in [-0.25, -0.2) is 0 Å². The van der Waals surface area contributed by atoms with Crippen LogP contribution < -0.4 is 4.90 Å². The third kappa shape index (κ3) is 1.69. The third-order valence-corrected chi connectivity index (χ3v) is 2.58. The van der Waals surface area contributed by atoms with Gasteiger partial charge in [-0.1, -0.05) is 18.2 Å². The van der Waals surface area contributed by atoms with E-state index in [1.807, 2.05) is 30.3 Å². The van der Waals surface area contributed by atoms with Crippen molar-refractivity contribution in [3.63, 3.8) is 0 Å². The second-order valence-corrected chi connectivity index (χ2v) is 3.51. The van der Waals surface area contributed by atoms with Crippen molar-refractivity contribution in [3.8, 4) is 0 Å². The van der Waals surface area contributed by atoms with E-state index in [4.69, 9.17) is 0 Å². The van der Waals surface area contributed by atoms with Crippen molar-refractivity contribution in [2.24, 2.45) is 0 Å². The molecule has 0 aromatic heterocycles. The highest BCUT2D eigenvalue weighted by Crippen LogP contribution is 2.20. The summed E-state index contributed by atoms with van der Waals surface area (Å²) in [6.07, 6.45) is 0.655. The predicted molar refractivity (Wildman–Crippen MR) is 54.1 cm³/mol. The molecule has 1 unspecified atom stereocenters. The van der Waals surface area contributed by atoms with Gasteiger partial charge < -0.3 is 4.90 Å². The van der Waals surface area contributed by atoms with E-state index in [0.29, 0.717) is 13.0 Å². The summed E-state index contributed by atoms with van der Waals surface area (Å²) in [7, 11) is 0. The minimum Gasteiger partial charge on any atom is -0.364 e. The Bertz CT molecular complexity index is 326. The quantitative estimate of drug-likeness (QED) is 0.527. The van der Waals surface area contributed by atoms with E-state index in [0.717, 1.165) is 12.2 Å². The van der Waals surface area contributed by atoms with Gasteiger partial charge in [0.1, 0.15) is 0 Å². The van der Waals surface area contributed by atoms with Crippen molar-refractivity contribution in [2.75, 3.05) is 18.0 Å². The summed E-state index contributed by atoms with van der Waals surface area (Å²) in [6.45, 7) is 1.33. The number of hydrogen-bond donors (Lipinski definition) is 0. The first kappa shape index (κ1) is 8.99. The minimum absolute atomic E-state index is 0.178. The fourth-order valence-electron chi connectivity index (χ4n) is 1.79. The maximum atomic E-state index is 10.6. The van der Waals surface area contributed by atoms with Crippen molar-refractivity contribution in [3.05, 3.63) is 40.4 Å². The Morgan fingerprint density at radius 1 is 1.36 bits per heavy atom. The summed E-state index contributed by atoms with van der Waals surface area (Å²) in [5, 5.41) is 10.6. The summed E-state index contributed by atoms with van der Waals surface area (Å²) in [5.74, 6) is 0. The lowest BCUT2D eigenvalue weighted by molar-refractivity contribution is -0.516. The lowest BCUT2D eigenvalue weighted by Crippen LogP contribution is -2.25. The zero-order valence-electron chi connectivity index (χ0n) is 7.80. The van der Waals surface area contributed by atoms with Gasteiger partial charge in [0, 0.05) is 23.6 Å². The number of para-hydroxylation sites is 1. The molecule has 2 rings (SSSR count). The van der Waals surface area contributed by atoms with Gasteiger partial charge in [-0.05, 0) is 12.1 Å². The molecule has 14 heavy (non-hydrogen) atoms. The number of hydrogen-bond acceptors (Lipinski definition) is 3. The molecule has 1 atom stereocenters. The summed E-state index contributed by atoms with van der Waals surface area (Å²) in [6, 6.07) is 9.44. The SMILES string of the molecule is O=[N+]([O-])C1CCN(c2ccccc2)C1. The molecule has 0 amide bonds. The van der Waals surface area contributed by atoms with Crippen LogP contribution in [0.1, 0.15) is 6.42 Å². The van der Waals surface area contributed by atoms with Crippen LogP contribution in [-0.2, 0) is 0 Å². The Labute approximate surface area is 82.3 Å². The van der Waals surface area contributed by atoms with E-state index in [-0.39, 0.29) is 4.92 Å². The van der Waals surface area contributed by atoms with Gasteiger partial charge in [0.25, 0.3) is 0 Å². The van der Waals surface area contributed by atoms with E-state index in [1.54, 1.807) is 0 Å². The maximum absolute atomic E-state index is 10.6. The maximum Gasteiger partial charge on any atom is 0.232 e. The molecule has 1 aliphatic heterocycles. The van der Waals surface area contributed by atoms with Crippen molar-refractivity contribution in [2.45, 2.75) is 12.5 Å². The molecule has 1 heterocycles. The highest BCUT2D eigenvalue weighted by Gasteiger charge is 2.30. The molecule has 1 fully saturated rings. The fraction of sp³-hybridized carbons (Fsp3) is 0.400. The zero-order chi connectivity index (χ0) is 9.97. The highest BCUT2D eigenvalue weighted by atomic mass is 16.6. The van der Waals surface area contributed by atoms with E-state index in [9.17, 15) is 10.1 Å². The smallest absolute Gasteiger partial charge is 0.232 e. The molecule has 0 radical (unpaired) electrons. The molecule has 1 aromatic carbocycles. The van der Waals surface area contributed by atoms with Crippen LogP contribution in [0.15, 0.2) is 30.3 Å². The Morgan fingerprint density at radius 3 is 2.64 bits per heavy atom. The number of benzene rings is 1. The monoisotopic (exact) mass is 192 g/mol. The van der Waals surface area contributed by atoms with Crippen LogP contribution in [0.3, 0.4) is 0 Å². The van der Waals surface area contributed by atoms with E-state index in [1.165, 1.54) is 0 Å². The minimum atomic E-state index is -0.393. The fourth-order valence-corrected chi connectivity index (χ4v) is 1.79. The average molecular weight is 192 g/mol. The van der Waals surface area contributed by atoms with Crippen LogP contribution in [0.25, 0.3) is 0 Å². The van der Waals surface area contributed by atoms with Gasteiger partial charge in [0.15, 0.2) is 0 Å². The second kappa shape index (κ2) is 3.65. The van der Waals surface area contributed by atoms with Crippen LogP contribution in [0.5, 0.6) is 0 Å². The molecule has 74 valence electrons. The van der Waals surface area contributed by atoms with Crippen LogP contribution in [-0.4, -0.2) is 24.1 Å². The highest BCUT2D eigenvalue weighted by molar-refractivity contribution is 5.46. The molecule has 4 heteroatoms. The van der Waals surface area contributed by atoms with E-state index < -0.39 is 6.04 Å². The van der Waals surface area contributed by atoms with Gasteiger partial charge in [-0.2, -0.15) is 0 Å². The van der Waals surface area contributed by atoms with E-state index in [2.05, 4.69) is 4.90 Å². The molecule has 0 N–H and O–H groups in total. The summed E-state index contributed by atoms with van der Waals surface area (Å²) < 4.78 is 0. The zero-order valence-corrected chi connectivity index (χ0v) is 7.80. The van der Waals surface area contributed by atoms with E-state index >= 15 is 0 Å². The molecule has 1 saturated heterocycles. The lowest BCUT2D eigenvalue weighted by atomic mass is 10.3. The summed E-state index contributed by atoms with van der Waals surface area (Å²) in [5.41, 5.74) is 1.08. The van der Waals surface area contributed by atoms with Gasteiger partial charge in [0.05, 0.1) is 6.54 Å². The van der Waals surface area contributed by atoms with Gasteiger partial charge in [-0.3, -0.25) is 10.1 Å². The molecule has 4 nitrogen and oxygen atoms in total. The predicted octanol–water partition coefficient (Wildman–Crippen LogP) is 1.54. The molecule has 0 saturated carbocycles. The first-order valence-electron chi connectivity index (χ1n) is 4.71. The van der Waals surface area contributed by atoms with Gasteiger partial charge >= 0.3 is 0 Å². The molecule has 0 bridgehead atoms. The van der Waals surface area contributed by atoms with Gasteiger partial charge in [-0.15, -0.1) is 0 Å². The largest absolute Gasteiger partial charge is 0.364 e. The molecular weight excluding hydrogens is 180 g/mol. The molecule has 0 spiro atoms.